The van der Waals surface area contributed by atoms with Crippen LogP contribution in [0, 0.1) is 0 Å². The van der Waals surface area contributed by atoms with Gasteiger partial charge in [0.05, 0.1) is 12.4 Å². The van der Waals surface area contributed by atoms with Crippen molar-refractivity contribution in [2.75, 3.05) is 0 Å². The molecule has 0 atom stereocenters. The molecular formula is C10H7N3O2. The number of carbonyl (C=O) groups excluding carboxylic acids is 1. The van der Waals surface area contributed by atoms with Gasteiger partial charge in [0.15, 0.2) is 5.69 Å². The Hall–Kier alpha value is -2.30. The molecule has 0 aliphatic heterocycles. The van der Waals surface area contributed by atoms with E-state index in [4.69, 9.17) is 4.74 Å². The first-order valence-electron chi connectivity index (χ1n) is 4.24. The summed E-state index contributed by atoms with van der Waals surface area (Å²) in [5, 5.41) is 0. The van der Waals surface area contributed by atoms with Crippen LogP contribution in [0.5, 0.6) is 5.75 Å². The van der Waals surface area contributed by atoms with E-state index in [0.717, 1.165) is 0 Å². The van der Waals surface area contributed by atoms with E-state index in [1.165, 1.54) is 24.8 Å². The number of aromatic nitrogens is 3. The maximum Gasteiger partial charge on any atom is 0.363 e. The van der Waals surface area contributed by atoms with Gasteiger partial charge < -0.3 is 4.74 Å². The predicted octanol–water partition coefficient (Wildman–Crippen LogP) is 1.09. The molecule has 0 fully saturated rings. The molecule has 0 bridgehead atoms. The Kier molecular flexibility index (Phi) is 2.64. The molecule has 15 heavy (non-hydrogen) atoms. The van der Waals surface area contributed by atoms with Gasteiger partial charge in [-0.3, -0.25) is 9.97 Å². The Morgan fingerprint density at radius 2 is 2.00 bits per heavy atom. The van der Waals surface area contributed by atoms with E-state index in [0.29, 0.717) is 5.75 Å². The first-order chi connectivity index (χ1) is 7.36. The lowest BCUT2D eigenvalue weighted by molar-refractivity contribution is 0.0727. The molecule has 5 nitrogen and oxygen atoms in total. The summed E-state index contributed by atoms with van der Waals surface area (Å²) in [6.07, 6.45) is 7.31. The van der Waals surface area contributed by atoms with Crippen LogP contribution in [0.15, 0.2) is 43.1 Å². The van der Waals surface area contributed by atoms with Crippen molar-refractivity contribution < 1.29 is 9.53 Å². The second-order valence-corrected chi connectivity index (χ2v) is 2.67. The molecule has 0 saturated carbocycles. The molecule has 2 aromatic rings. The zero-order chi connectivity index (χ0) is 10.5. The first kappa shape index (κ1) is 9.26. The van der Waals surface area contributed by atoms with E-state index < -0.39 is 5.97 Å². The fourth-order valence-corrected chi connectivity index (χ4v) is 0.971. The van der Waals surface area contributed by atoms with Gasteiger partial charge in [-0.1, -0.05) is 0 Å². The smallest absolute Gasteiger partial charge is 0.363 e. The second-order valence-electron chi connectivity index (χ2n) is 2.67. The molecule has 2 heterocycles. The summed E-state index contributed by atoms with van der Waals surface area (Å²) in [6, 6.07) is 3.32. The van der Waals surface area contributed by atoms with Crippen molar-refractivity contribution >= 4 is 5.97 Å². The average Bonchev–Trinajstić information content (AvgIpc) is 2.31. The van der Waals surface area contributed by atoms with Crippen LogP contribution < -0.4 is 4.74 Å². The molecule has 0 aromatic carbocycles. The van der Waals surface area contributed by atoms with Crippen molar-refractivity contribution in [1.29, 1.82) is 0 Å². The molecule has 0 amide bonds. The standard InChI is InChI=1S/C10H7N3O2/c14-10(9-7-12-4-5-13-9)15-8-2-1-3-11-6-8/h1-7H. The fourth-order valence-electron chi connectivity index (χ4n) is 0.971. The van der Waals surface area contributed by atoms with Crippen molar-refractivity contribution in [3.05, 3.63) is 48.8 Å². The summed E-state index contributed by atoms with van der Waals surface area (Å²) < 4.78 is 5.00. The third kappa shape index (κ3) is 2.34. The normalized spacial score (nSPS) is 9.60. The highest BCUT2D eigenvalue weighted by Gasteiger charge is 2.09. The number of pyridine rings is 1. The molecule has 0 aliphatic rings. The highest BCUT2D eigenvalue weighted by molar-refractivity contribution is 5.88. The number of ether oxygens (including phenoxy) is 1. The van der Waals surface area contributed by atoms with Crippen molar-refractivity contribution in [2.24, 2.45) is 0 Å². The van der Waals surface area contributed by atoms with E-state index >= 15 is 0 Å². The molecule has 2 aromatic heterocycles. The second kappa shape index (κ2) is 4.28. The lowest BCUT2D eigenvalue weighted by atomic mass is 10.4. The minimum Gasteiger partial charge on any atom is -0.420 e. The minimum atomic E-state index is -0.545. The molecule has 0 N–H and O–H groups in total. The van der Waals surface area contributed by atoms with E-state index in [2.05, 4.69) is 15.0 Å². The molecule has 5 heteroatoms. The number of rotatable bonds is 2. The minimum absolute atomic E-state index is 0.168. The number of hydrogen-bond donors (Lipinski definition) is 0. The Balaban J connectivity index is 2.12. The van der Waals surface area contributed by atoms with Gasteiger partial charge in [-0.15, -0.1) is 0 Å². The van der Waals surface area contributed by atoms with Gasteiger partial charge in [0.1, 0.15) is 5.75 Å². The van der Waals surface area contributed by atoms with Crippen LogP contribution in [0.2, 0.25) is 0 Å². The lowest BCUT2D eigenvalue weighted by Crippen LogP contribution is -2.10. The largest absolute Gasteiger partial charge is 0.420 e. The maximum absolute atomic E-state index is 11.5. The zero-order valence-electron chi connectivity index (χ0n) is 7.70. The van der Waals surface area contributed by atoms with E-state index in [1.807, 2.05) is 0 Å². The van der Waals surface area contributed by atoms with Crippen LogP contribution in [-0.2, 0) is 0 Å². The van der Waals surface area contributed by atoms with Gasteiger partial charge in [0.25, 0.3) is 0 Å². The molecule has 0 aliphatic carbocycles. The summed E-state index contributed by atoms with van der Waals surface area (Å²) in [6.45, 7) is 0. The van der Waals surface area contributed by atoms with Gasteiger partial charge in [-0.25, -0.2) is 9.78 Å². The van der Waals surface area contributed by atoms with Crippen molar-refractivity contribution in [3.63, 3.8) is 0 Å². The first-order valence-corrected chi connectivity index (χ1v) is 4.24. The maximum atomic E-state index is 11.5. The topological polar surface area (TPSA) is 65.0 Å². The predicted molar refractivity (Wildman–Crippen MR) is 51.2 cm³/mol. The quantitative estimate of drug-likeness (QED) is 0.680. The molecule has 2 rings (SSSR count). The zero-order valence-corrected chi connectivity index (χ0v) is 7.70. The highest BCUT2D eigenvalue weighted by atomic mass is 16.5. The molecule has 0 saturated heterocycles. The summed E-state index contributed by atoms with van der Waals surface area (Å²) in [4.78, 5) is 22.9. The molecule has 0 spiro atoms. The lowest BCUT2D eigenvalue weighted by Gasteiger charge is -2.01. The number of hydrogen-bond acceptors (Lipinski definition) is 5. The third-order valence-corrected chi connectivity index (χ3v) is 1.62. The number of nitrogens with zero attached hydrogens (tertiary/aromatic N) is 3. The average molecular weight is 201 g/mol. The number of esters is 1. The highest BCUT2D eigenvalue weighted by Crippen LogP contribution is 2.08. The van der Waals surface area contributed by atoms with Crippen LogP contribution in [0.4, 0.5) is 0 Å². The molecule has 74 valence electrons. The van der Waals surface area contributed by atoms with E-state index in [9.17, 15) is 4.79 Å². The van der Waals surface area contributed by atoms with Crippen LogP contribution >= 0.6 is 0 Å². The van der Waals surface area contributed by atoms with Crippen LogP contribution in [0.1, 0.15) is 10.5 Å². The van der Waals surface area contributed by atoms with Crippen LogP contribution in [-0.4, -0.2) is 20.9 Å². The summed E-state index contributed by atoms with van der Waals surface area (Å²) in [7, 11) is 0. The van der Waals surface area contributed by atoms with Gasteiger partial charge in [-0.05, 0) is 12.1 Å². The third-order valence-electron chi connectivity index (χ3n) is 1.62. The molecule has 0 unspecified atom stereocenters. The Morgan fingerprint density at radius 1 is 1.13 bits per heavy atom. The Bertz CT molecular complexity index is 445. The van der Waals surface area contributed by atoms with Gasteiger partial charge >= 0.3 is 5.97 Å². The fraction of sp³-hybridized carbons (Fsp3) is 0. The van der Waals surface area contributed by atoms with Crippen molar-refractivity contribution in [1.82, 2.24) is 15.0 Å². The van der Waals surface area contributed by atoms with E-state index in [1.54, 1.807) is 18.3 Å². The van der Waals surface area contributed by atoms with Gasteiger partial charge in [0, 0.05) is 18.6 Å². The van der Waals surface area contributed by atoms with Crippen molar-refractivity contribution in [2.45, 2.75) is 0 Å². The van der Waals surface area contributed by atoms with E-state index in [-0.39, 0.29) is 5.69 Å². The molecular weight excluding hydrogens is 194 g/mol. The Labute approximate surface area is 85.8 Å². The summed E-state index contributed by atoms with van der Waals surface area (Å²) in [5.41, 5.74) is 0.168. The van der Waals surface area contributed by atoms with Crippen molar-refractivity contribution in [3.8, 4) is 5.75 Å². The summed E-state index contributed by atoms with van der Waals surface area (Å²) in [5.74, 6) is -0.163. The van der Waals surface area contributed by atoms with Gasteiger partial charge in [-0.2, -0.15) is 0 Å². The van der Waals surface area contributed by atoms with Gasteiger partial charge in [0.2, 0.25) is 0 Å². The van der Waals surface area contributed by atoms with Crippen LogP contribution in [0.3, 0.4) is 0 Å². The monoisotopic (exact) mass is 201 g/mol. The van der Waals surface area contributed by atoms with Crippen LogP contribution in [0.25, 0.3) is 0 Å². The number of carbonyl (C=O) groups is 1. The Morgan fingerprint density at radius 3 is 2.67 bits per heavy atom. The molecule has 0 radical (unpaired) electrons. The summed E-state index contributed by atoms with van der Waals surface area (Å²) >= 11 is 0. The SMILES string of the molecule is O=C(Oc1cccnc1)c1cnccn1.